The molecule has 1 aliphatic carbocycles. The van der Waals surface area contributed by atoms with Crippen molar-refractivity contribution in [1.82, 2.24) is 0 Å². The highest BCUT2D eigenvalue weighted by molar-refractivity contribution is 6.04. The monoisotopic (exact) mass is 339 g/mol. The van der Waals surface area contributed by atoms with Crippen LogP contribution < -0.4 is 10.6 Å². The zero-order chi connectivity index (χ0) is 18.0. The summed E-state index contributed by atoms with van der Waals surface area (Å²) >= 11 is 0. The van der Waals surface area contributed by atoms with E-state index in [0.717, 1.165) is 6.42 Å². The van der Waals surface area contributed by atoms with Crippen molar-refractivity contribution in [3.8, 4) is 0 Å². The van der Waals surface area contributed by atoms with Crippen LogP contribution in [0, 0.1) is 22.0 Å². The molecule has 0 heterocycles. The van der Waals surface area contributed by atoms with Crippen LogP contribution >= 0.6 is 0 Å². The molecule has 1 aliphatic rings. The van der Waals surface area contributed by atoms with Crippen molar-refractivity contribution in [2.24, 2.45) is 11.8 Å². The Morgan fingerprint density at radius 3 is 2.36 bits per heavy atom. The predicted molar refractivity (Wildman–Crippen MR) is 93.4 cm³/mol. The number of nitrogens with one attached hydrogen (secondary N) is 2. The Morgan fingerprint density at radius 1 is 1.08 bits per heavy atom. The van der Waals surface area contributed by atoms with Crippen LogP contribution in [0.5, 0.6) is 0 Å². The van der Waals surface area contributed by atoms with Crippen LogP contribution in [0.3, 0.4) is 0 Å². The van der Waals surface area contributed by atoms with E-state index >= 15 is 0 Å². The van der Waals surface area contributed by atoms with Crippen molar-refractivity contribution in [2.75, 3.05) is 10.6 Å². The van der Waals surface area contributed by atoms with Crippen LogP contribution in [0.1, 0.15) is 23.7 Å². The fraction of sp³-hybridized carbons (Fsp3) is 0.222. The summed E-state index contributed by atoms with van der Waals surface area (Å²) in [6.07, 6.45) is 0.912. The Morgan fingerprint density at radius 2 is 1.76 bits per heavy atom. The van der Waals surface area contributed by atoms with Gasteiger partial charge in [0.25, 0.3) is 11.6 Å². The molecule has 7 heteroatoms. The first-order chi connectivity index (χ1) is 11.9. The molecule has 0 aromatic heterocycles. The Labute approximate surface area is 144 Å². The number of nitro groups is 1. The zero-order valence-electron chi connectivity index (χ0n) is 13.6. The van der Waals surface area contributed by atoms with Gasteiger partial charge in [0.1, 0.15) is 0 Å². The van der Waals surface area contributed by atoms with Gasteiger partial charge >= 0.3 is 0 Å². The highest BCUT2D eigenvalue weighted by atomic mass is 16.6. The van der Waals surface area contributed by atoms with Crippen LogP contribution in [0.4, 0.5) is 17.1 Å². The molecule has 0 spiro atoms. The zero-order valence-corrected chi connectivity index (χ0v) is 13.6. The first kappa shape index (κ1) is 16.6. The average molecular weight is 339 g/mol. The molecule has 128 valence electrons. The Kier molecular flexibility index (Phi) is 4.47. The molecule has 3 rings (SSSR count). The van der Waals surface area contributed by atoms with Gasteiger partial charge in [-0.25, -0.2) is 0 Å². The molecule has 0 bridgehead atoms. The molecule has 25 heavy (non-hydrogen) atoms. The van der Waals surface area contributed by atoms with E-state index in [4.69, 9.17) is 0 Å². The highest BCUT2D eigenvalue weighted by Gasteiger charge is 2.39. The highest BCUT2D eigenvalue weighted by Crippen LogP contribution is 2.38. The van der Waals surface area contributed by atoms with E-state index in [1.807, 2.05) is 6.92 Å². The maximum atomic E-state index is 12.2. The summed E-state index contributed by atoms with van der Waals surface area (Å²) in [5.74, 6) is 0.132. The number of benzene rings is 2. The van der Waals surface area contributed by atoms with Crippen molar-refractivity contribution in [2.45, 2.75) is 13.3 Å². The fourth-order valence-electron chi connectivity index (χ4n) is 2.53. The molecule has 0 radical (unpaired) electrons. The van der Waals surface area contributed by atoms with Crippen molar-refractivity contribution in [3.63, 3.8) is 0 Å². The lowest BCUT2D eigenvalue weighted by atomic mass is 10.1. The average Bonchev–Trinajstić information content (AvgIpc) is 3.32. The maximum absolute atomic E-state index is 12.2. The van der Waals surface area contributed by atoms with E-state index in [1.165, 1.54) is 18.2 Å². The van der Waals surface area contributed by atoms with Gasteiger partial charge in [-0.2, -0.15) is 0 Å². The Bertz CT molecular complexity index is 832. The Hall–Kier alpha value is -3.22. The van der Waals surface area contributed by atoms with E-state index in [1.54, 1.807) is 30.3 Å². The van der Waals surface area contributed by atoms with Gasteiger partial charge in [0.05, 0.1) is 4.92 Å². The topological polar surface area (TPSA) is 101 Å². The van der Waals surface area contributed by atoms with E-state index in [0.29, 0.717) is 22.9 Å². The molecule has 2 aromatic carbocycles. The van der Waals surface area contributed by atoms with Gasteiger partial charge in [-0.05, 0) is 42.7 Å². The van der Waals surface area contributed by atoms with E-state index in [-0.39, 0.29) is 23.4 Å². The quantitative estimate of drug-likeness (QED) is 0.643. The second-order valence-electron chi connectivity index (χ2n) is 6.15. The molecule has 7 nitrogen and oxygen atoms in total. The molecule has 2 amide bonds. The molecule has 2 aromatic rings. The summed E-state index contributed by atoms with van der Waals surface area (Å²) in [6.45, 7) is 2.03. The largest absolute Gasteiger partial charge is 0.326 e. The number of amides is 2. The minimum Gasteiger partial charge on any atom is -0.326 e. The molecule has 0 aliphatic heterocycles. The van der Waals surface area contributed by atoms with Crippen molar-refractivity contribution >= 4 is 28.9 Å². The van der Waals surface area contributed by atoms with Gasteiger partial charge in [0.15, 0.2) is 0 Å². The van der Waals surface area contributed by atoms with Gasteiger partial charge in [-0.3, -0.25) is 19.7 Å². The number of carbonyl (C=O) groups is 2. The summed E-state index contributed by atoms with van der Waals surface area (Å²) in [7, 11) is 0. The molecule has 1 fully saturated rings. The number of hydrogen-bond acceptors (Lipinski definition) is 4. The first-order valence-electron chi connectivity index (χ1n) is 7.91. The van der Waals surface area contributed by atoms with E-state index < -0.39 is 4.92 Å². The van der Waals surface area contributed by atoms with Crippen LogP contribution in [0.2, 0.25) is 0 Å². The standard InChI is InChI=1S/C18H17N3O4/c1-11-9-16(11)18(23)19-13-7-5-12(6-8-13)17(22)20-14-3-2-4-15(10-14)21(24)25/h2-8,10-11,16H,9H2,1H3,(H,19,23)(H,20,22)/t11-,16-/m1/s1. The summed E-state index contributed by atoms with van der Waals surface area (Å²) in [5.41, 5.74) is 1.28. The summed E-state index contributed by atoms with van der Waals surface area (Å²) in [5, 5.41) is 16.2. The first-order valence-corrected chi connectivity index (χ1v) is 7.91. The number of anilines is 2. The lowest BCUT2D eigenvalue weighted by molar-refractivity contribution is -0.384. The maximum Gasteiger partial charge on any atom is 0.271 e. The normalized spacial score (nSPS) is 18.3. The van der Waals surface area contributed by atoms with Crippen LogP contribution in [-0.2, 0) is 4.79 Å². The molecule has 0 saturated heterocycles. The molecule has 1 saturated carbocycles. The third kappa shape index (κ3) is 4.00. The minimum absolute atomic E-state index is 0.00120. The fourth-order valence-corrected chi connectivity index (χ4v) is 2.53. The number of nitro benzene ring substituents is 1. The van der Waals surface area contributed by atoms with Crippen LogP contribution in [0.25, 0.3) is 0 Å². The van der Waals surface area contributed by atoms with Gasteiger partial charge in [-0.15, -0.1) is 0 Å². The van der Waals surface area contributed by atoms with Gasteiger partial charge in [-0.1, -0.05) is 13.0 Å². The number of carbonyl (C=O) groups excluding carboxylic acids is 2. The smallest absolute Gasteiger partial charge is 0.271 e. The Balaban J connectivity index is 1.63. The molecular formula is C18H17N3O4. The molecule has 2 N–H and O–H groups in total. The number of hydrogen-bond donors (Lipinski definition) is 2. The summed E-state index contributed by atoms with van der Waals surface area (Å²) in [6, 6.07) is 12.2. The second kappa shape index (κ2) is 6.72. The van der Waals surface area contributed by atoms with E-state index in [9.17, 15) is 19.7 Å². The van der Waals surface area contributed by atoms with Crippen molar-refractivity contribution < 1.29 is 14.5 Å². The van der Waals surface area contributed by atoms with Gasteiger partial charge < -0.3 is 10.6 Å². The van der Waals surface area contributed by atoms with Crippen molar-refractivity contribution in [1.29, 1.82) is 0 Å². The van der Waals surface area contributed by atoms with Gasteiger partial charge in [0.2, 0.25) is 5.91 Å². The second-order valence-corrected chi connectivity index (χ2v) is 6.15. The SMILES string of the molecule is C[C@@H]1C[C@H]1C(=O)Nc1ccc(C(=O)Nc2cccc([N+](=O)[O-])c2)cc1. The third-order valence-electron chi connectivity index (χ3n) is 4.18. The van der Waals surface area contributed by atoms with Crippen molar-refractivity contribution in [3.05, 3.63) is 64.2 Å². The van der Waals surface area contributed by atoms with E-state index in [2.05, 4.69) is 10.6 Å². The van der Waals surface area contributed by atoms with Crippen LogP contribution in [0.15, 0.2) is 48.5 Å². The number of non-ortho nitro benzene ring substituents is 1. The van der Waals surface area contributed by atoms with Crippen LogP contribution in [-0.4, -0.2) is 16.7 Å². The summed E-state index contributed by atoms with van der Waals surface area (Å²) < 4.78 is 0. The predicted octanol–water partition coefficient (Wildman–Crippen LogP) is 3.44. The number of rotatable bonds is 5. The lowest BCUT2D eigenvalue weighted by Crippen LogP contribution is -2.15. The lowest BCUT2D eigenvalue weighted by Gasteiger charge is -2.07. The molecule has 2 atom stereocenters. The third-order valence-corrected chi connectivity index (χ3v) is 4.18. The molecular weight excluding hydrogens is 322 g/mol. The minimum atomic E-state index is -0.520. The van der Waals surface area contributed by atoms with Gasteiger partial charge in [0, 0.05) is 35.0 Å². The molecule has 0 unspecified atom stereocenters. The summed E-state index contributed by atoms with van der Waals surface area (Å²) in [4.78, 5) is 34.4. The number of nitrogens with zero attached hydrogens (tertiary/aromatic N) is 1.